The summed E-state index contributed by atoms with van der Waals surface area (Å²) in [5.41, 5.74) is 1.17. The minimum Gasteiger partial charge on any atom is -0.279 e. The van der Waals surface area contributed by atoms with Crippen LogP contribution in [0.4, 0.5) is 5.82 Å². The first-order valence-corrected chi connectivity index (χ1v) is 5.90. The van der Waals surface area contributed by atoms with Crippen molar-refractivity contribution in [2.24, 2.45) is 10.2 Å². The molecule has 0 radical (unpaired) electrons. The predicted octanol–water partition coefficient (Wildman–Crippen LogP) is 3.24. The summed E-state index contributed by atoms with van der Waals surface area (Å²) in [7, 11) is 1.57. The predicted molar refractivity (Wildman–Crippen MR) is 74.8 cm³/mol. The Labute approximate surface area is 109 Å². The Morgan fingerprint density at radius 3 is 2.63 bits per heavy atom. The third-order valence-corrected chi connectivity index (χ3v) is 3.02. The van der Waals surface area contributed by atoms with Crippen LogP contribution in [0.25, 0.3) is 21.9 Å². The number of nitrogens with one attached hydrogen (secondary N) is 2. The number of H-pyrrole nitrogens is 2. The Kier molecular flexibility index (Phi) is 2.72. The van der Waals surface area contributed by atoms with Gasteiger partial charge in [0.1, 0.15) is 0 Å². The molecular weight excluding hydrogens is 240 g/mol. The van der Waals surface area contributed by atoms with Gasteiger partial charge >= 0.3 is 0 Å². The first-order valence-electron chi connectivity index (χ1n) is 5.90. The van der Waals surface area contributed by atoms with Crippen LogP contribution in [-0.2, 0) is 0 Å². The summed E-state index contributed by atoms with van der Waals surface area (Å²) in [5.74, 6) is 0.448. The van der Waals surface area contributed by atoms with E-state index in [1.807, 2.05) is 42.5 Å². The van der Waals surface area contributed by atoms with Crippen molar-refractivity contribution in [2.75, 3.05) is 7.05 Å². The van der Waals surface area contributed by atoms with Crippen molar-refractivity contribution in [3.8, 4) is 11.1 Å². The summed E-state index contributed by atoms with van der Waals surface area (Å²) in [6, 6.07) is 13.8. The molecule has 2 aromatic carbocycles. The maximum Gasteiger partial charge on any atom is 0.274 e. The SMILES string of the molecule is CN=Nc1[nH][nH]c(=O)c1-c1cccc2ccccc12. The number of hydrogen-bond acceptors (Lipinski definition) is 3. The molecule has 0 aliphatic rings. The molecule has 0 bridgehead atoms. The van der Waals surface area contributed by atoms with Crippen molar-refractivity contribution in [3.63, 3.8) is 0 Å². The molecule has 0 unspecified atom stereocenters. The average Bonchev–Trinajstić information content (AvgIpc) is 2.80. The number of fused-ring (bicyclic) bond motifs is 1. The summed E-state index contributed by atoms with van der Waals surface area (Å²) >= 11 is 0. The van der Waals surface area contributed by atoms with Gasteiger partial charge in [0.15, 0.2) is 5.82 Å². The van der Waals surface area contributed by atoms with E-state index in [1.165, 1.54) is 0 Å². The molecule has 0 atom stereocenters. The van der Waals surface area contributed by atoms with Crippen LogP contribution in [0, 0.1) is 0 Å². The van der Waals surface area contributed by atoms with Crippen molar-refractivity contribution >= 4 is 16.6 Å². The highest BCUT2D eigenvalue weighted by atomic mass is 16.1. The second-order valence-electron chi connectivity index (χ2n) is 4.13. The first kappa shape index (κ1) is 11.4. The van der Waals surface area contributed by atoms with Crippen molar-refractivity contribution in [3.05, 3.63) is 52.8 Å². The standard InChI is InChI=1S/C14H12N4O/c1-15-16-13-12(14(19)18-17-13)11-8-4-6-9-5-2-3-7-10(9)11/h2-8H,1H3,(H2,17,18,19). The Morgan fingerprint density at radius 2 is 1.79 bits per heavy atom. The van der Waals surface area contributed by atoms with Gasteiger partial charge in [0, 0.05) is 7.05 Å². The number of hydrogen-bond donors (Lipinski definition) is 2. The number of rotatable bonds is 2. The van der Waals surface area contributed by atoms with Gasteiger partial charge in [-0.15, -0.1) is 5.11 Å². The Morgan fingerprint density at radius 1 is 1.00 bits per heavy atom. The van der Waals surface area contributed by atoms with Gasteiger partial charge in [0.2, 0.25) is 0 Å². The molecule has 0 aliphatic carbocycles. The molecule has 5 heteroatoms. The topological polar surface area (TPSA) is 73.4 Å². The highest BCUT2D eigenvalue weighted by molar-refractivity contribution is 5.98. The lowest BCUT2D eigenvalue weighted by atomic mass is 10.00. The van der Waals surface area contributed by atoms with E-state index >= 15 is 0 Å². The van der Waals surface area contributed by atoms with Gasteiger partial charge in [0.05, 0.1) is 5.56 Å². The molecule has 3 aromatic rings. The van der Waals surface area contributed by atoms with Crippen LogP contribution in [0.2, 0.25) is 0 Å². The van der Waals surface area contributed by atoms with E-state index in [4.69, 9.17) is 0 Å². The quantitative estimate of drug-likeness (QED) is 0.675. The number of aromatic nitrogens is 2. The van der Waals surface area contributed by atoms with Crippen LogP contribution in [0.15, 0.2) is 57.5 Å². The molecule has 1 heterocycles. The van der Waals surface area contributed by atoms with Crippen LogP contribution in [-0.4, -0.2) is 17.2 Å². The number of benzene rings is 2. The van der Waals surface area contributed by atoms with Gasteiger partial charge < -0.3 is 0 Å². The van der Waals surface area contributed by atoms with Crippen molar-refractivity contribution in [1.82, 2.24) is 10.2 Å². The number of aromatic amines is 2. The Bertz CT molecular complexity index is 808. The first-order chi connectivity index (χ1) is 9.31. The molecule has 1 aromatic heterocycles. The van der Waals surface area contributed by atoms with E-state index < -0.39 is 0 Å². The summed E-state index contributed by atoms with van der Waals surface area (Å²) < 4.78 is 0. The van der Waals surface area contributed by atoms with E-state index in [0.717, 1.165) is 16.3 Å². The lowest BCUT2D eigenvalue weighted by molar-refractivity contribution is 1.02. The summed E-state index contributed by atoms with van der Waals surface area (Å²) in [4.78, 5) is 12.0. The summed E-state index contributed by atoms with van der Waals surface area (Å²) in [5, 5.41) is 15.1. The molecule has 0 saturated heterocycles. The molecular formula is C14H12N4O. The third-order valence-electron chi connectivity index (χ3n) is 3.02. The van der Waals surface area contributed by atoms with Gasteiger partial charge in [0.25, 0.3) is 5.56 Å². The Balaban J connectivity index is 2.37. The van der Waals surface area contributed by atoms with Gasteiger partial charge in [-0.1, -0.05) is 42.5 Å². The lowest BCUT2D eigenvalue weighted by Gasteiger charge is -2.04. The molecule has 0 amide bonds. The van der Waals surface area contributed by atoms with Crippen LogP contribution < -0.4 is 5.56 Å². The average molecular weight is 252 g/mol. The van der Waals surface area contributed by atoms with E-state index in [9.17, 15) is 4.79 Å². The van der Waals surface area contributed by atoms with Crippen LogP contribution >= 0.6 is 0 Å². The zero-order valence-electron chi connectivity index (χ0n) is 10.3. The zero-order valence-corrected chi connectivity index (χ0v) is 10.3. The number of nitrogens with zero attached hydrogens (tertiary/aromatic N) is 2. The highest BCUT2D eigenvalue weighted by Gasteiger charge is 2.14. The van der Waals surface area contributed by atoms with Gasteiger partial charge in [-0.3, -0.25) is 15.0 Å². The van der Waals surface area contributed by atoms with E-state index in [1.54, 1.807) is 7.05 Å². The van der Waals surface area contributed by atoms with Crippen LogP contribution in [0.3, 0.4) is 0 Å². The minimum absolute atomic E-state index is 0.196. The van der Waals surface area contributed by atoms with Crippen LogP contribution in [0.1, 0.15) is 0 Å². The minimum atomic E-state index is -0.196. The third kappa shape index (κ3) is 1.85. The summed E-state index contributed by atoms with van der Waals surface area (Å²) in [6.45, 7) is 0. The van der Waals surface area contributed by atoms with E-state index in [2.05, 4.69) is 20.4 Å². The van der Waals surface area contributed by atoms with E-state index in [-0.39, 0.29) is 5.56 Å². The molecule has 2 N–H and O–H groups in total. The molecule has 0 aliphatic heterocycles. The smallest absolute Gasteiger partial charge is 0.274 e. The van der Waals surface area contributed by atoms with E-state index in [0.29, 0.717) is 11.4 Å². The second-order valence-corrected chi connectivity index (χ2v) is 4.13. The summed E-state index contributed by atoms with van der Waals surface area (Å²) in [6.07, 6.45) is 0. The van der Waals surface area contributed by atoms with Crippen molar-refractivity contribution in [2.45, 2.75) is 0 Å². The second kappa shape index (κ2) is 4.53. The highest BCUT2D eigenvalue weighted by Crippen LogP contribution is 2.31. The van der Waals surface area contributed by atoms with Crippen molar-refractivity contribution < 1.29 is 0 Å². The maximum absolute atomic E-state index is 12.0. The fraction of sp³-hybridized carbons (Fsp3) is 0.0714. The molecule has 3 rings (SSSR count). The van der Waals surface area contributed by atoms with Crippen molar-refractivity contribution in [1.29, 1.82) is 0 Å². The monoisotopic (exact) mass is 252 g/mol. The number of azo groups is 1. The molecule has 0 spiro atoms. The van der Waals surface area contributed by atoms with Crippen LogP contribution in [0.5, 0.6) is 0 Å². The molecule has 0 saturated carbocycles. The molecule has 94 valence electrons. The molecule has 5 nitrogen and oxygen atoms in total. The van der Waals surface area contributed by atoms with Gasteiger partial charge in [-0.25, -0.2) is 0 Å². The normalized spacial score (nSPS) is 11.4. The Hall–Kier alpha value is -2.69. The fourth-order valence-electron chi connectivity index (χ4n) is 2.22. The fourth-order valence-corrected chi connectivity index (χ4v) is 2.22. The molecule has 0 fully saturated rings. The largest absolute Gasteiger partial charge is 0.279 e. The maximum atomic E-state index is 12.0. The lowest BCUT2D eigenvalue weighted by Crippen LogP contribution is -2.01. The van der Waals surface area contributed by atoms with Gasteiger partial charge in [-0.05, 0) is 16.3 Å². The molecule has 19 heavy (non-hydrogen) atoms. The zero-order chi connectivity index (χ0) is 13.2. The van der Waals surface area contributed by atoms with Gasteiger partial charge in [-0.2, -0.15) is 5.11 Å².